The van der Waals surface area contributed by atoms with Crippen molar-refractivity contribution in [3.63, 3.8) is 0 Å². The number of rotatable bonds is 5. The predicted molar refractivity (Wildman–Crippen MR) is 61.4 cm³/mol. The Balaban J connectivity index is 2.63. The Hall–Kier alpha value is -1.35. The van der Waals surface area contributed by atoms with Crippen molar-refractivity contribution in [3.05, 3.63) is 35.9 Å². The third kappa shape index (κ3) is 4.13. The van der Waals surface area contributed by atoms with Crippen LogP contribution in [-0.4, -0.2) is 18.0 Å². The molecular formula is C12H18N2O. The number of hydrogen-bond donors (Lipinski definition) is 2. The van der Waals surface area contributed by atoms with Gasteiger partial charge in [0.15, 0.2) is 0 Å². The van der Waals surface area contributed by atoms with Crippen molar-refractivity contribution in [2.45, 2.75) is 32.4 Å². The lowest BCUT2D eigenvalue weighted by molar-refractivity contribution is -0.120. The lowest BCUT2D eigenvalue weighted by Gasteiger charge is -2.18. The fraction of sp³-hybridized carbons (Fsp3) is 0.417. The summed E-state index contributed by atoms with van der Waals surface area (Å²) in [5.74, 6) is -0.299. The normalized spacial score (nSPS) is 12.7. The summed E-state index contributed by atoms with van der Waals surface area (Å²) in [6, 6.07) is 9.85. The zero-order chi connectivity index (χ0) is 11.3. The minimum absolute atomic E-state index is 0.256. The van der Waals surface area contributed by atoms with E-state index in [9.17, 15) is 4.79 Å². The minimum Gasteiger partial charge on any atom is -0.368 e. The highest BCUT2D eigenvalue weighted by Crippen LogP contribution is 2.03. The van der Waals surface area contributed by atoms with Crippen LogP contribution in [-0.2, 0) is 11.2 Å². The van der Waals surface area contributed by atoms with Gasteiger partial charge in [-0.3, -0.25) is 4.79 Å². The number of nitrogens with two attached hydrogens (primary N) is 1. The standard InChI is InChI=1S/C12H18N2O/c1-9(2)14-11(12(13)15)8-10-6-4-3-5-7-10/h3-7,9,11,14H,8H2,1-2H3,(H2,13,15)/t11-/m1/s1. The second kappa shape index (κ2) is 5.51. The summed E-state index contributed by atoms with van der Waals surface area (Å²) in [5, 5.41) is 3.15. The van der Waals surface area contributed by atoms with Crippen molar-refractivity contribution in [3.8, 4) is 0 Å². The molecule has 1 amide bonds. The van der Waals surface area contributed by atoms with E-state index in [4.69, 9.17) is 5.73 Å². The third-order valence-corrected chi connectivity index (χ3v) is 2.16. The monoisotopic (exact) mass is 206 g/mol. The molecule has 0 heterocycles. The summed E-state index contributed by atoms with van der Waals surface area (Å²) >= 11 is 0. The van der Waals surface area contributed by atoms with Crippen molar-refractivity contribution >= 4 is 5.91 Å². The van der Waals surface area contributed by atoms with Crippen LogP contribution in [0.2, 0.25) is 0 Å². The highest BCUT2D eigenvalue weighted by molar-refractivity contribution is 5.80. The zero-order valence-electron chi connectivity index (χ0n) is 9.23. The van der Waals surface area contributed by atoms with E-state index >= 15 is 0 Å². The van der Waals surface area contributed by atoms with Crippen LogP contribution in [0.25, 0.3) is 0 Å². The van der Waals surface area contributed by atoms with Crippen LogP contribution < -0.4 is 11.1 Å². The maximum absolute atomic E-state index is 11.2. The van der Waals surface area contributed by atoms with E-state index in [-0.39, 0.29) is 18.0 Å². The number of hydrogen-bond acceptors (Lipinski definition) is 2. The van der Waals surface area contributed by atoms with E-state index in [1.54, 1.807) is 0 Å². The van der Waals surface area contributed by atoms with Gasteiger partial charge in [0, 0.05) is 6.04 Å². The molecule has 3 N–H and O–H groups in total. The van der Waals surface area contributed by atoms with Crippen molar-refractivity contribution in [2.75, 3.05) is 0 Å². The van der Waals surface area contributed by atoms with Gasteiger partial charge in [-0.25, -0.2) is 0 Å². The maximum Gasteiger partial charge on any atom is 0.234 e. The van der Waals surface area contributed by atoms with E-state index in [1.807, 2.05) is 44.2 Å². The average molecular weight is 206 g/mol. The molecule has 0 aliphatic rings. The molecule has 82 valence electrons. The SMILES string of the molecule is CC(C)N[C@H](Cc1ccccc1)C(N)=O. The first kappa shape index (κ1) is 11.7. The van der Waals surface area contributed by atoms with Crippen LogP contribution in [0.15, 0.2) is 30.3 Å². The first-order chi connectivity index (χ1) is 7.09. The van der Waals surface area contributed by atoms with Crippen LogP contribution in [0.4, 0.5) is 0 Å². The maximum atomic E-state index is 11.2. The number of carbonyl (C=O) groups excluding carboxylic acids is 1. The number of nitrogens with one attached hydrogen (secondary N) is 1. The van der Waals surface area contributed by atoms with Crippen molar-refractivity contribution in [2.24, 2.45) is 5.73 Å². The summed E-state index contributed by atoms with van der Waals surface area (Å²) in [4.78, 5) is 11.2. The number of amides is 1. The van der Waals surface area contributed by atoms with Gasteiger partial charge in [-0.05, 0) is 12.0 Å². The van der Waals surface area contributed by atoms with E-state index < -0.39 is 0 Å². The summed E-state index contributed by atoms with van der Waals surface area (Å²) < 4.78 is 0. The smallest absolute Gasteiger partial charge is 0.234 e. The van der Waals surface area contributed by atoms with E-state index in [1.165, 1.54) is 0 Å². The molecule has 0 spiro atoms. The Bertz CT molecular complexity index is 309. The number of benzene rings is 1. The molecular weight excluding hydrogens is 188 g/mol. The zero-order valence-corrected chi connectivity index (χ0v) is 9.23. The molecule has 0 aliphatic carbocycles. The quantitative estimate of drug-likeness (QED) is 0.757. The summed E-state index contributed by atoms with van der Waals surface area (Å²) in [7, 11) is 0. The number of primary amides is 1. The van der Waals surface area contributed by atoms with Gasteiger partial charge < -0.3 is 11.1 Å². The Labute approximate surface area is 90.7 Å². The topological polar surface area (TPSA) is 55.1 Å². The summed E-state index contributed by atoms with van der Waals surface area (Å²) in [6.45, 7) is 4.00. The van der Waals surface area contributed by atoms with Crippen molar-refractivity contribution in [1.29, 1.82) is 0 Å². The van der Waals surface area contributed by atoms with Gasteiger partial charge in [-0.2, -0.15) is 0 Å². The molecule has 0 fully saturated rings. The van der Waals surface area contributed by atoms with E-state index in [2.05, 4.69) is 5.32 Å². The lowest BCUT2D eigenvalue weighted by Crippen LogP contribution is -2.45. The second-order valence-electron chi connectivity index (χ2n) is 3.97. The van der Waals surface area contributed by atoms with Gasteiger partial charge in [0.1, 0.15) is 0 Å². The first-order valence-corrected chi connectivity index (χ1v) is 5.19. The highest BCUT2D eigenvalue weighted by atomic mass is 16.1. The fourth-order valence-electron chi connectivity index (χ4n) is 1.49. The highest BCUT2D eigenvalue weighted by Gasteiger charge is 2.15. The molecule has 1 rings (SSSR count). The van der Waals surface area contributed by atoms with Crippen molar-refractivity contribution in [1.82, 2.24) is 5.32 Å². The van der Waals surface area contributed by atoms with Gasteiger partial charge in [0.25, 0.3) is 0 Å². The van der Waals surface area contributed by atoms with Gasteiger partial charge in [0.05, 0.1) is 6.04 Å². The Morgan fingerprint density at radius 3 is 2.40 bits per heavy atom. The molecule has 0 radical (unpaired) electrons. The molecule has 3 heteroatoms. The lowest BCUT2D eigenvalue weighted by atomic mass is 10.1. The van der Waals surface area contributed by atoms with Crippen LogP contribution >= 0.6 is 0 Å². The summed E-state index contributed by atoms with van der Waals surface area (Å²) in [6.07, 6.45) is 0.647. The molecule has 0 aromatic heterocycles. The van der Waals surface area contributed by atoms with Gasteiger partial charge in [0.2, 0.25) is 5.91 Å². The number of carbonyl (C=O) groups is 1. The molecule has 0 saturated heterocycles. The predicted octanol–water partition coefficient (Wildman–Crippen LogP) is 1.08. The molecule has 0 aliphatic heterocycles. The van der Waals surface area contributed by atoms with E-state index in [0.29, 0.717) is 6.42 Å². The molecule has 15 heavy (non-hydrogen) atoms. The average Bonchev–Trinajstić information content (AvgIpc) is 2.17. The molecule has 3 nitrogen and oxygen atoms in total. The Morgan fingerprint density at radius 1 is 1.33 bits per heavy atom. The Morgan fingerprint density at radius 2 is 1.93 bits per heavy atom. The van der Waals surface area contributed by atoms with Crippen molar-refractivity contribution < 1.29 is 4.79 Å². The van der Waals surface area contributed by atoms with Gasteiger partial charge in [-0.1, -0.05) is 44.2 Å². The van der Waals surface area contributed by atoms with Crippen LogP contribution in [0, 0.1) is 0 Å². The second-order valence-corrected chi connectivity index (χ2v) is 3.97. The molecule has 0 saturated carbocycles. The first-order valence-electron chi connectivity index (χ1n) is 5.19. The minimum atomic E-state index is -0.299. The molecule has 1 aromatic carbocycles. The van der Waals surface area contributed by atoms with Crippen LogP contribution in [0.5, 0.6) is 0 Å². The Kier molecular flexibility index (Phi) is 4.31. The summed E-state index contributed by atoms with van der Waals surface area (Å²) in [5.41, 5.74) is 6.45. The largest absolute Gasteiger partial charge is 0.368 e. The fourth-order valence-corrected chi connectivity index (χ4v) is 1.49. The third-order valence-electron chi connectivity index (χ3n) is 2.16. The van der Waals surface area contributed by atoms with E-state index in [0.717, 1.165) is 5.56 Å². The van der Waals surface area contributed by atoms with Crippen LogP contribution in [0.1, 0.15) is 19.4 Å². The van der Waals surface area contributed by atoms with Crippen LogP contribution in [0.3, 0.4) is 0 Å². The van der Waals surface area contributed by atoms with Gasteiger partial charge in [-0.15, -0.1) is 0 Å². The molecule has 0 unspecified atom stereocenters. The van der Waals surface area contributed by atoms with Gasteiger partial charge >= 0.3 is 0 Å². The molecule has 0 bridgehead atoms. The molecule has 1 aromatic rings. The molecule has 1 atom stereocenters.